The molecule has 0 saturated carbocycles. The van der Waals surface area contributed by atoms with Crippen molar-refractivity contribution in [1.29, 1.82) is 0 Å². The van der Waals surface area contributed by atoms with Gasteiger partial charge in [0.2, 0.25) is 0 Å². The van der Waals surface area contributed by atoms with Crippen molar-refractivity contribution in [3.8, 4) is 11.3 Å². The van der Waals surface area contributed by atoms with Gasteiger partial charge >= 0.3 is 12.2 Å². The Morgan fingerprint density at radius 1 is 1.21 bits per heavy atom. The van der Waals surface area contributed by atoms with E-state index in [9.17, 15) is 18.0 Å². The van der Waals surface area contributed by atoms with Crippen LogP contribution in [0.15, 0.2) is 30.5 Å². The molecule has 4 heterocycles. The highest BCUT2D eigenvalue weighted by molar-refractivity contribution is 6.00. The van der Waals surface area contributed by atoms with E-state index in [1.54, 1.807) is 16.0 Å². The minimum absolute atomic E-state index is 0.0409. The van der Waals surface area contributed by atoms with Gasteiger partial charge in [-0.25, -0.2) is 4.79 Å². The van der Waals surface area contributed by atoms with Gasteiger partial charge in [-0.3, -0.25) is 10.1 Å². The van der Waals surface area contributed by atoms with Crippen LogP contribution in [0.5, 0.6) is 0 Å². The number of carbonyl (C=O) groups is 1. The second-order valence-corrected chi connectivity index (χ2v) is 9.04. The molecule has 2 aliphatic rings. The van der Waals surface area contributed by atoms with Crippen molar-refractivity contribution >= 4 is 22.6 Å². The third-order valence-electron chi connectivity index (χ3n) is 6.56. The number of halogens is 3. The molecular formula is C23H25F3N6O. The van der Waals surface area contributed by atoms with Crippen molar-refractivity contribution in [2.45, 2.75) is 39.0 Å². The van der Waals surface area contributed by atoms with Crippen molar-refractivity contribution in [2.75, 3.05) is 25.0 Å². The van der Waals surface area contributed by atoms with E-state index in [1.165, 1.54) is 0 Å². The number of urea groups is 1. The van der Waals surface area contributed by atoms with Crippen molar-refractivity contribution in [3.05, 3.63) is 41.7 Å². The maximum absolute atomic E-state index is 12.9. The molecule has 5 rings (SSSR count). The highest BCUT2D eigenvalue weighted by Crippen LogP contribution is 2.35. The van der Waals surface area contributed by atoms with Crippen LogP contribution in [0.4, 0.5) is 23.7 Å². The lowest BCUT2D eigenvalue weighted by Gasteiger charge is -2.35. The van der Waals surface area contributed by atoms with E-state index in [0.29, 0.717) is 19.6 Å². The highest BCUT2D eigenvalue weighted by atomic mass is 19.4. The molecule has 0 unspecified atom stereocenters. The number of hydrogen-bond donors (Lipinski definition) is 2. The van der Waals surface area contributed by atoms with Crippen molar-refractivity contribution in [1.82, 2.24) is 25.0 Å². The Morgan fingerprint density at radius 2 is 2.03 bits per heavy atom. The SMILES string of the molecule is Cc1cc(-c2n[nH]c3cc4c(cc23)CN([C@@H]2CN(CCC(F)(F)F)C[C@H]2C)C(=O)N4)ccn1. The lowest BCUT2D eigenvalue weighted by molar-refractivity contribution is -0.137. The first-order valence-electron chi connectivity index (χ1n) is 11.0. The predicted octanol–water partition coefficient (Wildman–Crippen LogP) is 4.55. The predicted molar refractivity (Wildman–Crippen MR) is 119 cm³/mol. The van der Waals surface area contributed by atoms with Gasteiger partial charge in [0.1, 0.15) is 5.69 Å². The number of carbonyl (C=O) groups excluding carboxylic acids is 1. The molecule has 2 N–H and O–H groups in total. The maximum atomic E-state index is 12.9. The molecule has 1 aromatic carbocycles. The molecule has 7 nitrogen and oxygen atoms in total. The number of pyridine rings is 1. The minimum atomic E-state index is -4.18. The summed E-state index contributed by atoms with van der Waals surface area (Å²) >= 11 is 0. The number of hydrogen-bond acceptors (Lipinski definition) is 4. The number of H-pyrrole nitrogens is 1. The highest BCUT2D eigenvalue weighted by Gasteiger charge is 2.39. The Kier molecular flexibility index (Phi) is 5.27. The molecule has 10 heteroatoms. The summed E-state index contributed by atoms with van der Waals surface area (Å²) in [5.41, 5.74) is 5.16. The zero-order chi connectivity index (χ0) is 23.3. The van der Waals surface area contributed by atoms with Gasteiger partial charge in [-0.15, -0.1) is 0 Å². The number of nitrogens with one attached hydrogen (secondary N) is 2. The first-order valence-corrected chi connectivity index (χ1v) is 11.0. The Balaban J connectivity index is 1.40. The number of alkyl halides is 3. The van der Waals surface area contributed by atoms with Crippen LogP contribution in [0.1, 0.15) is 24.6 Å². The van der Waals surface area contributed by atoms with Crippen LogP contribution in [0, 0.1) is 12.8 Å². The number of rotatable bonds is 4. The number of aromatic nitrogens is 3. The maximum Gasteiger partial charge on any atom is 0.390 e. The molecule has 2 amide bonds. The average molecular weight is 458 g/mol. The normalized spacial score (nSPS) is 21.5. The average Bonchev–Trinajstić information content (AvgIpc) is 3.32. The Morgan fingerprint density at radius 3 is 2.79 bits per heavy atom. The van der Waals surface area contributed by atoms with Crippen LogP contribution < -0.4 is 5.32 Å². The fourth-order valence-electron chi connectivity index (χ4n) is 4.90. The summed E-state index contributed by atoms with van der Waals surface area (Å²) in [6.07, 6.45) is -3.27. The summed E-state index contributed by atoms with van der Waals surface area (Å²) in [6.45, 7) is 5.26. The quantitative estimate of drug-likeness (QED) is 0.601. The zero-order valence-electron chi connectivity index (χ0n) is 18.4. The summed E-state index contributed by atoms with van der Waals surface area (Å²) in [6, 6.07) is 7.44. The number of nitrogens with zero attached hydrogens (tertiary/aromatic N) is 4. The smallest absolute Gasteiger partial charge is 0.316 e. The molecule has 0 aliphatic carbocycles. The standard InChI is InChI=1S/C23H25F3N6O/c1-13-10-31(6-4-23(24,25)26)12-20(13)32-11-16-8-17-19(9-18(16)28-22(32)33)29-30-21(17)15-3-5-27-14(2)7-15/h3,5,7-9,13,20H,4,6,10-12H2,1-2H3,(H,28,33)(H,29,30)/t13-,20-/m1/s1. The first-order chi connectivity index (χ1) is 15.7. The largest absolute Gasteiger partial charge is 0.390 e. The third-order valence-corrected chi connectivity index (χ3v) is 6.56. The number of aromatic amines is 1. The van der Waals surface area contributed by atoms with E-state index in [0.717, 1.165) is 39.1 Å². The van der Waals surface area contributed by atoms with Gasteiger partial charge < -0.3 is 15.1 Å². The Labute approximate surface area is 189 Å². The molecule has 2 aliphatic heterocycles. The summed E-state index contributed by atoms with van der Waals surface area (Å²) < 4.78 is 38.0. The lowest BCUT2D eigenvalue weighted by atomic mass is 10.00. The Hall–Kier alpha value is -3.14. The number of fused-ring (bicyclic) bond motifs is 2. The van der Waals surface area contributed by atoms with Crippen molar-refractivity contribution < 1.29 is 18.0 Å². The summed E-state index contributed by atoms with van der Waals surface area (Å²) in [5.74, 6) is 0.0820. The van der Waals surface area contributed by atoms with Gasteiger partial charge in [0.25, 0.3) is 0 Å². The summed E-state index contributed by atoms with van der Waals surface area (Å²) in [7, 11) is 0. The summed E-state index contributed by atoms with van der Waals surface area (Å²) in [4.78, 5) is 20.7. The fourth-order valence-corrected chi connectivity index (χ4v) is 4.90. The second-order valence-electron chi connectivity index (χ2n) is 9.04. The molecule has 3 aromatic rings. The Bertz CT molecular complexity index is 1210. The molecule has 1 saturated heterocycles. The van der Waals surface area contributed by atoms with E-state index in [4.69, 9.17) is 0 Å². The lowest BCUT2D eigenvalue weighted by Crippen LogP contribution is -2.48. The summed E-state index contributed by atoms with van der Waals surface area (Å²) in [5, 5.41) is 11.4. The van der Waals surface area contributed by atoms with Crippen LogP contribution >= 0.6 is 0 Å². The molecule has 0 bridgehead atoms. The number of anilines is 1. The fraction of sp³-hybridized carbons (Fsp3) is 0.435. The molecule has 2 atom stereocenters. The molecule has 33 heavy (non-hydrogen) atoms. The van der Waals surface area contributed by atoms with E-state index in [-0.39, 0.29) is 24.5 Å². The van der Waals surface area contributed by atoms with E-state index >= 15 is 0 Å². The molecule has 0 radical (unpaired) electrons. The van der Waals surface area contributed by atoms with E-state index in [1.807, 2.05) is 38.1 Å². The van der Waals surface area contributed by atoms with Crippen LogP contribution in [0.3, 0.4) is 0 Å². The van der Waals surface area contributed by atoms with Crippen molar-refractivity contribution in [2.24, 2.45) is 5.92 Å². The van der Waals surface area contributed by atoms with Gasteiger partial charge in [-0.2, -0.15) is 18.3 Å². The van der Waals surface area contributed by atoms with Crippen LogP contribution in [-0.4, -0.2) is 62.9 Å². The van der Waals surface area contributed by atoms with E-state index < -0.39 is 12.6 Å². The van der Waals surface area contributed by atoms with Gasteiger partial charge in [0, 0.05) is 54.7 Å². The second kappa shape index (κ2) is 8.02. The van der Waals surface area contributed by atoms with Gasteiger partial charge in [-0.1, -0.05) is 6.92 Å². The third kappa shape index (κ3) is 4.27. The van der Waals surface area contributed by atoms with Crippen LogP contribution in [0.25, 0.3) is 22.2 Å². The monoisotopic (exact) mass is 458 g/mol. The van der Waals surface area contributed by atoms with Crippen molar-refractivity contribution in [3.63, 3.8) is 0 Å². The number of likely N-dealkylation sites (tertiary alicyclic amines) is 1. The number of aryl methyl sites for hydroxylation is 1. The minimum Gasteiger partial charge on any atom is -0.316 e. The molecule has 174 valence electrons. The molecule has 1 fully saturated rings. The van der Waals surface area contributed by atoms with Gasteiger partial charge in [0.15, 0.2) is 0 Å². The van der Waals surface area contributed by atoms with Gasteiger partial charge in [0.05, 0.1) is 18.0 Å². The van der Waals surface area contributed by atoms with E-state index in [2.05, 4.69) is 20.5 Å². The molecule has 0 spiro atoms. The number of benzene rings is 1. The van der Waals surface area contributed by atoms with Crippen LogP contribution in [-0.2, 0) is 6.54 Å². The molecular weight excluding hydrogens is 433 g/mol. The number of amides is 2. The first kappa shape index (κ1) is 21.7. The zero-order valence-corrected chi connectivity index (χ0v) is 18.4. The van der Waals surface area contributed by atoms with Crippen LogP contribution in [0.2, 0.25) is 0 Å². The van der Waals surface area contributed by atoms with Gasteiger partial charge in [-0.05, 0) is 42.7 Å². The topological polar surface area (TPSA) is 77.2 Å². The molecule has 2 aromatic heterocycles.